The second-order valence-electron chi connectivity index (χ2n) is 6.08. The molecule has 0 spiro atoms. The predicted octanol–water partition coefficient (Wildman–Crippen LogP) is 5.25. The number of aliphatic imine (C=N–C) groups is 1. The van der Waals surface area contributed by atoms with Gasteiger partial charge in [0.05, 0.1) is 18.1 Å². The van der Waals surface area contributed by atoms with Crippen LogP contribution in [-0.4, -0.2) is 35.7 Å². The number of ether oxygens (including phenoxy) is 2. The molecule has 2 aromatic carbocycles. The monoisotopic (exact) mass is 414 g/mol. The van der Waals surface area contributed by atoms with Crippen molar-refractivity contribution in [2.45, 2.75) is 20.8 Å². The zero-order chi connectivity index (χ0) is 20.8. The molecule has 1 saturated heterocycles. The molecule has 0 aromatic heterocycles. The zero-order valence-electron chi connectivity index (χ0n) is 16.6. The third-order valence-electron chi connectivity index (χ3n) is 4.14. The van der Waals surface area contributed by atoms with E-state index in [-0.39, 0.29) is 11.6 Å². The van der Waals surface area contributed by atoms with E-state index in [4.69, 9.17) is 9.47 Å². The van der Waals surface area contributed by atoms with Crippen LogP contribution in [0.25, 0.3) is 6.08 Å². The lowest BCUT2D eigenvalue weighted by molar-refractivity contribution is -0.122. The van der Waals surface area contributed by atoms with E-state index in [1.165, 1.54) is 17.8 Å². The first-order valence-electron chi connectivity index (χ1n) is 9.51. The van der Waals surface area contributed by atoms with Crippen LogP contribution in [0.15, 0.2) is 52.4 Å². The molecule has 1 amide bonds. The lowest BCUT2D eigenvalue weighted by Gasteiger charge is -2.12. The zero-order valence-corrected chi connectivity index (χ0v) is 17.5. The smallest absolute Gasteiger partial charge is 0.266 e. The van der Waals surface area contributed by atoms with Crippen LogP contribution in [0, 0.1) is 5.82 Å². The van der Waals surface area contributed by atoms with Crippen LogP contribution >= 0.6 is 11.8 Å². The van der Waals surface area contributed by atoms with Gasteiger partial charge in [-0.1, -0.05) is 18.2 Å². The van der Waals surface area contributed by atoms with E-state index in [0.717, 1.165) is 5.56 Å². The summed E-state index contributed by atoms with van der Waals surface area (Å²) in [5.41, 5.74) is 1.03. The Labute approximate surface area is 174 Å². The number of amides is 1. The molecule has 0 N–H and O–H groups in total. The van der Waals surface area contributed by atoms with Crippen LogP contribution < -0.4 is 9.47 Å². The van der Waals surface area contributed by atoms with Crippen molar-refractivity contribution in [1.29, 1.82) is 0 Å². The maximum atomic E-state index is 14.0. The number of likely N-dealkylation sites (N-methyl/N-ethyl adjacent to an activating group) is 1. The van der Waals surface area contributed by atoms with Crippen LogP contribution in [0.1, 0.15) is 26.3 Å². The fourth-order valence-corrected chi connectivity index (χ4v) is 3.88. The second kappa shape index (κ2) is 9.60. The van der Waals surface area contributed by atoms with Crippen molar-refractivity contribution < 1.29 is 18.7 Å². The first-order valence-corrected chi connectivity index (χ1v) is 10.3. The molecular weight excluding hydrogens is 391 g/mol. The quantitative estimate of drug-likeness (QED) is 0.581. The average molecular weight is 415 g/mol. The summed E-state index contributed by atoms with van der Waals surface area (Å²) in [5.74, 6) is 0.722. The van der Waals surface area contributed by atoms with Crippen LogP contribution in [0.3, 0.4) is 0 Å². The molecule has 2 aromatic rings. The van der Waals surface area contributed by atoms with Gasteiger partial charge in [-0.05, 0) is 68.4 Å². The lowest BCUT2D eigenvalue weighted by atomic mass is 10.2. The molecule has 1 heterocycles. The Morgan fingerprint density at radius 2 is 1.79 bits per heavy atom. The fourth-order valence-electron chi connectivity index (χ4n) is 2.82. The normalized spacial score (nSPS) is 16.7. The highest BCUT2D eigenvalue weighted by atomic mass is 32.2. The Kier molecular flexibility index (Phi) is 6.93. The molecule has 0 unspecified atom stereocenters. The van der Waals surface area contributed by atoms with Crippen LogP contribution in [-0.2, 0) is 4.79 Å². The molecule has 1 aliphatic rings. The highest BCUT2D eigenvalue weighted by Crippen LogP contribution is 2.36. The SMILES string of the molecule is CCOc1ccc(/C=C2/SC(=Nc3ccccc3F)N(CC)C2=O)cc1OCC. The van der Waals surface area contributed by atoms with Crippen molar-refractivity contribution in [2.24, 2.45) is 4.99 Å². The van der Waals surface area contributed by atoms with E-state index >= 15 is 0 Å². The molecular formula is C22H23FN2O3S. The first kappa shape index (κ1) is 20.9. The molecule has 29 heavy (non-hydrogen) atoms. The number of thioether (sulfide) groups is 1. The minimum atomic E-state index is -0.422. The van der Waals surface area contributed by atoms with Gasteiger partial charge < -0.3 is 9.47 Å². The number of amidine groups is 1. The highest BCUT2D eigenvalue weighted by Gasteiger charge is 2.32. The van der Waals surface area contributed by atoms with Crippen molar-refractivity contribution in [3.05, 3.63) is 58.8 Å². The number of carbonyl (C=O) groups excluding carboxylic acids is 1. The summed E-state index contributed by atoms with van der Waals surface area (Å²) in [6.07, 6.45) is 1.79. The van der Waals surface area contributed by atoms with Gasteiger partial charge in [0.15, 0.2) is 16.7 Å². The fraction of sp³-hybridized carbons (Fsp3) is 0.273. The Hall–Kier alpha value is -2.80. The molecule has 0 saturated carbocycles. The van der Waals surface area contributed by atoms with Crippen molar-refractivity contribution >= 4 is 34.6 Å². The molecule has 0 radical (unpaired) electrons. The first-order chi connectivity index (χ1) is 14.1. The van der Waals surface area contributed by atoms with E-state index in [2.05, 4.69) is 4.99 Å². The summed E-state index contributed by atoms with van der Waals surface area (Å²) in [5, 5.41) is 0.463. The summed E-state index contributed by atoms with van der Waals surface area (Å²) in [6, 6.07) is 11.8. The third kappa shape index (κ3) is 4.79. The number of rotatable bonds is 7. The largest absolute Gasteiger partial charge is 0.490 e. The topological polar surface area (TPSA) is 51.1 Å². The number of halogens is 1. The molecule has 5 nitrogen and oxygen atoms in total. The minimum absolute atomic E-state index is 0.153. The summed E-state index contributed by atoms with van der Waals surface area (Å²) in [4.78, 5) is 19.2. The Balaban J connectivity index is 1.93. The number of carbonyl (C=O) groups is 1. The molecule has 0 aliphatic carbocycles. The van der Waals surface area contributed by atoms with Crippen molar-refractivity contribution in [1.82, 2.24) is 4.90 Å². The molecule has 3 rings (SSSR count). The van der Waals surface area contributed by atoms with Crippen molar-refractivity contribution in [2.75, 3.05) is 19.8 Å². The maximum Gasteiger partial charge on any atom is 0.266 e. The number of hydrogen-bond donors (Lipinski definition) is 0. The molecule has 7 heteroatoms. The predicted molar refractivity (Wildman–Crippen MR) is 115 cm³/mol. The van der Waals surface area contributed by atoms with Crippen molar-refractivity contribution in [3.8, 4) is 11.5 Å². The maximum absolute atomic E-state index is 14.0. The number of benzene rings is 2. The Morgan fingerprint density at radius 3 is 2.48 bits per heavy atom. The van der Waals surface area contributed by atoms with E-state index in [9.17, 15) is 9.18 Å². The summed E-state index contributed by atoms with van der Waals surface area (Å²) < 4.78 is 25.2. The summed E-state index contributed by atoms with van der Waals surface area (Å²) >= 11 is 1.23. The standard InChI is InChI=1S/C22H23FN2O3S/c1-4-25-21(26)20(29-22(25)24-17-10-8-7-9-16(17)23)14-15-11-12-18(27-5-2)19(13-15)28-6-3/h7-14H,4-6H2,1-3H3/b20-14+,24-22?. The van der Waals surface area contributed by atoms with Gasteiger partial charge in [0.1, 0.15) is 11.5 Å². The van der Waals surface area contributed by atoms with Crippen molar-refractivity contribution in [3.63, 3.8) is 0 Å². The molecule has 0 bridgehead atoms. The van der Waals surface area contributed by atoms with E-state index < -0.39 is 5.82 Å². The summed E-state index contributed by atoms with van der Waals surface area (Å²) in [6.45, 7) is 7.18. The van der Waals surface area contributed by atoms with Gasteiger partial charge in [0, 0.05) is 6.54 Å². The van der Waals surface area contributed by atoms with Gasteiger partial charge in [0.2, 0.25) is 0 Å². The van der Waals surface area contributed by atoms with Gasteiger partial charge in [-0.3, -0.25) is 9.69 Å². The van der Waals surface area contributed by atoms with Crippen LogP contribution in [0.4, 0.5) is 10.1 Å². The Morgan fingerprint density at radius 1 is 1.07 bits per heavy atom. The highest BCUT2D eigenvalue weighted by molar-refractivity contribution is 8.18. The molecule has 1 fully saturated rings. The van der Waals surface area contributed by atoms with Gasteiger partial charge in [-0.2, -0.15) is 0 Å². The van der Waals surface area contributed by atoms with E-state index in [1.54, 1.807) is 29.2 Å². The van der Waals surface area contributed by atoms with Crippen LogP contribution in [0.5, 0.6) is 11.5 Å². The molecule has 1 aliphatic heterocycles. The third-order valence-corrected chi connectivity index (χ3v) is 5.14. The van der Waals surface area contributed by atoms with Gasteiger partial charge in [-0.25, -0.2) is 9.38 Å². The van der Waals surface area contributed by atoms with Gasteiger partial charge in [0.25, 0.3) is 5.91 Å². The molecule has 0 atom stereocenters. The molecule has 152 valence electrons. The van der Waals surface area contributed by atoms with E-state index in [0.29, 0.717) is 41.3 Å². The van der Waals surface area contributed by atoms with Gasteiger partial charge >= 0.3 is 0 Å². The number of nitrogens with zero attached hydrogens (tertiary/aromatic N) is 2. The summed E-state index contributed by atoms with van der Waals surface area (Å²) in [7, 11) is 0. The van der Waals surface area contributed by atoms with Crippen LogP contribution in [0.2, 0.25) is 0 Å². The lowest BCUT2D eigenvalue weighted by Crippen LogP contribution is -2.28. The minimum Gasteiger partial charge on any atom is -0.490 e. The number of para-hydroxylation sites is 1. The second-order valence-corrected chi connectivity index (χ2v) is 7.09. The average Bonchev–Trinajstić information content (AvgIpc) is 3.00. The Bertz CT molecular complexity index is 959. The number of hydrogen-bond acceptors (Lipinski definition) is 5. The van der Waals surface area contributed by atoms with E-state index in [1.807, 2.05) is 39.0 Å². The van der Waals surface area contributed by atoms with Gasteiger partial charge in [-0.15, -0.1) is 0 Å².